The largest absolute Gasteiger partial charge is 0.493 e. The molecule has 140 valence electrons. The maximum absolute atomic E-state index is 11.1. The van der Waals surface area contributed by atoms with Crippen molar-refractivity contribution in [3.63, 3.8) is 0 Å². The van der Waals surface area contributed by atoms with Crippen molar-refractivity contribution >= 4 is 11.3 Å². The summed E-state index contributed by atoms with van der Waals surface area (Å²) in [6.07, 6.45) is 1.33. The summed E-state index contributed by atoms with van der Waals surface area (Å²) in [6, 6.07) is 9.76. The van der Waals surface area contributed by atoms with Gasteiger partial charge in [-0.05, 0) is 41.0 Å². The van der Waals surface area contributed by atoms with Crippen LogP contribution in [0.15, 0.2) is 36.4 Å². The number of benzene rings is 2. The first-order valence-electron chi connectivity index (χ1n) is 7.73. The molecule has 2 aromatic carbocycles. The van der Waals surface area contributed by atoms with Gasteiger partial charge in [0.05, 0.1) is 39.4 Å². The van der Waals surface area contributed by atoms with E-state index in [0.29, 0.717) is 33.9 Å². The lowest BCUT2D eigenvalue weighted by Gasteiger charge is -2.16. The second-order valence-corrected chi connectivity index (χ2v) is 5.24. The number of nitriles is 1. The smallest absolute Gasteiger partial charge is 0.310 e. The van der Waals surface area contributed by atoms with Gasteiger partial charge in [0.25, 0.3) is 0 Å². The number of rotatable bonds is 7. The first kappa shape index (κ1) is 19.6. The van der Waals surface area contributed by atoms with E-state index in [9.17, 15) is 15.4 Å². The summed E-state index contributed by atoms with van der Waals surface area (Å²) in [5.41, 5.74) is 1.53. The van der Waals surface area contributed by atoms with Gasteiger partial charge in [-0.25, -0.2) is 0 Å². The molecular weight excluding hydrogens is 352 g/mol. The molecule has 8 nitrogen and oxygen atoms in total. The third-order valence-electron chi connectivity index (χ3n) is 3.87. The van der Waals surface area contributed by atoms with E-state index in [1.54, 1.807) is 18.2 Å². The summed E-state index contributed by atoms with van der Waals surface area (Å²) in [5.74, 6) is 1.35. The molecule has 0 spiro atoms. The van der Waals surface area contributed by atoms with Crippen molar-refractivity contribution < 1.29 is 23.9 Å². The molecule has 0 heterocycles. The average Bonchev–Trinajstić information content (AvgIpc) is 2.70. The maximum Gasteiger partial charge on any atom is 0.310 e. The van der Waals surface area contributed by atoms with Gasteiger partial charge >= 0.3 is 5.69 Å². The van der Waals surface area contributed by atoms with Gasteiger partial charge in [0.1, 0.15) is 0 Å². The number of methoxy groups -OCH3 is 4. The maximum atomic E-state index is 11.1. The van der Waals surface area contributed by atoms with Crippen molar-refractivity contribution in [1.29, 1.82) is 5.26 Å². The fourth-order valence-electron chi connectivity index (χ4n) is 2.63. The minimum absolute atomic E-state index is 0.0915. The lowest BCUT2D eigenvalue weighted by Crippen LogP contribution is -1.99. The van der Waals surface area contributed by atoms with Crippen molar-refractivity contribution in [2.75, 3.05) is 28.4 Å². The summed E-state index contributed by atoms with van der Waals surface area (Å²) in [7, 11) is 5.82. The van der Waals surface area contributed by atoms with Crippen molar-refractivity contribution in [1.82, 2.24) is 0 Å². The van der Waals surface area contributed by atoms with Gasteiger partial charge in [-0.2, -0.15) is 5.26 Å². The number of hydrogen-bond acceptors (Lipinski definition) is 7. The number of ether oxygens (including phenoxy) is 4. The highest BCUT2D eigenvalue weighted by Crippen LogP contribution is 2.41. The summed E-state index contributed by atoms with van der Waals surface area (Å²) in [6.45, 7) is 0. The number of nitro benzene ring substituents is 1. The van der Waals surface area contributed by atoms with E-state index < -0.39 is 4.92 Å². The van der Waals surface area contributed by atoms with E-state index in [2.05, 4.69) is 0 Å². The predicted molar refractivity (Wildman–Crippen MR) is 98.4 cm³/mol. The Labute approximate surface area is 156 Å². The highest BCUT2D eigenvalue weighted by Gasteiger charge is 2.19. The van der Waals surface area contributed by atoms with Crippen molar-refractivity contribution in [2.45, 2.75) is 0 Å². The molecule has 0 aliphatic heterocycles. The lowest BCUT2D eigenvalue weighted by atomic mass is 9.96. The quantitative estimate of drug-likeness (QED) is 0.417. The van der Waals surface area contributed by atoms with Crippen LogP contribution in [0.25, 0.3) is 5.57 Å². The minimum atomic E-state index is -0.532. The van der Waals surface area contributed by atoms with E-state index in [-0.39, 0.29) is 11.4 Å². The number of nitrogens with zero attached hydrogens (tertiary/aromatic N) is 2. The summed E-state index contributed by atoms with van der Waals surface area (Å²) in [5, 5.41) is 20.3. The first-order chi connectivity index (χ1) is 13.0. The van der Waals surface area contributed by atoms with E-state index >= 15 is 0 Å². The molecule has 0 amide bonds. The van der Waals surface area contributed by atoms with Crippen LogP contribution in [0.3, 0.4) is 0 Å². The van der Waals surface area contributed by atoms with Gasteiger partial charge in [0, 0.05) is 12.1 Å². The van der Waals surface area contributed by atoms with Gasteiger partial charge in [0.15, 0.2) is 17.2 Å². The third-order valence-corrected chi connectivity index (χ3v) is 3.87. The van der Waals surface area contributed by atoms with Gasteiger partial charge in [-0.1, -0.05) is 0 Å². The van der Waals surface area contributed by atoms with Crippen molar-refractivity contribution in [2.24, 2.45) is 0 Å². The van der Waals surface area contributed by atoms with Crippen LogP contribution in [0.1, 0.15) is 11.1 Å². The molecule has 0 aliphatic rings. The lowest BCUT2D eigenvalue weighted by molar-refractivity contribution is -0.385. The van der Waals surface area contributed by atoms with Crippen LogP contribution in [-0.2, 0) is 0 Å². The fraction of sp³-hybridized carbons (Fsp3) is 0.211. The SMILES string of the molecule is COc1cc(/C(=C\C#N)c2cc(OC)c(OC)c(OC)c2)ccc1[N+](=O)[O-]. The Morgan fingerprint density at radius 2 is 1.52 bits per heavy atom. The van der Waals surface area contributed by atoms with E-state index in [0.717, 1.165) is 0 Å². The van der Waals surface area contributed by atoms with E-state index in [1.165, 1.54) is 46.6 Å². The molecule has 2 aromatic rings. The molecule has 0 fully saturated rings. The molecule has 0 saturated carbocycles. The summed E-state index contributed by atoms with van der Waals surface area (Å²) < 4.78 is 21.1. The molecule has 0 unspecified atom stereocenters. The number of nitro groups is 1. The summed E-state index contributed by atoms with van der Waals surface area (Å²) >= 11 is 0. The second-order valence-electron chi connectivity index (χ2n) is 5.24. The first-order valence-corrected chi connectivity index (χ1v) is 7.73. The fourth-order valence-corrected chi connectivity index (χ4v) is 2.63. The van der Waals surface area contributed by atoms with Crippen LogP contribution in [0.5, 0.6) is 23.0 Å². The Kier molecular flexibility index (Phi) is 6.23. The molecule has 0 radical (unpaired) electrons. The van der Waals surface area contributed by atoms with Crippen LogP contribution in [0, 0.1) is 21.4 Å². The van der Waals surface area contributed by atoms with Gasteiger partial charge in [-0.3, -0.25) is 10.1 Å². The molecule has 8 heteroatoms. The van der Waals surface area contributed by atoms with Gasteiger partial charge in [0.2, 0.25) is 5.75 Å². The molecule has 2 rings (SSSR count). The molecular formula is C19H18N2O6. The van der Waals surface area contributed by atoms with E-state index in [1.807, 2.05) is 6.07 Å². The highest BCUT2D eigenvalue weighted by molar-refractivity contribution is 5.84. The van der Waals surface area contributed by atoms with Crippen molar-refractivity contribution in [3.05, 3.63) is 57.6 Å². The molecule has 0 atom stereocenters. The molecule has 0 N–H and O–H groups in total. The monoisotopic (exact) mass is 370 g/mol. The minimum Gasteiger partial charge on any atom is -0.493 e. The zero-order chi connectivity index (χ0) is 20.0. The van der Waals surface area contributed by atoms with Crippen molar-refractivity contribution in [3.8, 4) is 29.1 Å². The second kappa shape index (κ2) is 8.58. The van der Waals surface area contributed by atoms with Crippen LogP contribution in [0.2, 0.25) is 0 Å². The normalized spacial score (nSPS) is 10.7. The Bertz CT molecular complexity index is 905. The van der Waals surface area contributed by atoms with Crippen LogP contribution < -0.4 is 18.9 Å². The Morgan fingerprint density at radius 1 is 0.963 bits per heavy atom. The average molecular weight is 370 g/mol. The number of hydrogen-bond donors (Lipinski definition) is 0. The van der Waals surface area contributed by atoms with Crippen LogP contribution in [-0.4, -0.2) is 33.4 Å². The highest BCUT2D eigenvalue weighted by atomic mass is 16.6. The molecule has 27 heavy (non-hydrogen) atoms. The Balaban J connectivity index is 2.68. The topological polar surface area (TPSA) is 104 Å². The molecule has 0 bridgehead atoms. The Hall–Kier alpha value is -3.73. The van der Waals surface area contributed by atoms with E-state index in [4.69, 9.17) is 18.9 Å². The van der Waals surface area contributed by atoms with Gasteiger partial charge < -0.3 is 18.9 Å². The van der Waals surface area contributed by atoms with Crippen LogP contribution >= 0.6 is 0 Å². The zero-order valence-corrected chi connectivity index (χ0v) is 15.3. The zero-order valence-electron chi connectivity index (χ0n) is 15.3. The van der Waals surface area contributed by atoms with Gasteiger partial charge in [-0.15, -0.1) is 0 Å². The third kappa shape index (κ3) is 3.93. The number of allylic oxidation sites excluding steroid dienone is 1. The van der Waals surface area contributed by atoms with Crippen LogP contribution in [0.4, 0.5) is 5.69 Å². The molecule has 0 saturated heterocycles. The Morgan fingerprint density at radius 3 is 1.96 bits per heavy atom. The predicted octanol–water partition coefficient (Wildman–Crippen LogP) is 3.58. The standard InChI is InChI=1S/C19H18N2O6/c1-24-16-9-12(5-6-15(16)21(22)23)14(7-8-20)13-10-17(25-2)19(27-4)18(11-13)26-3/h5-7,9-11H,1-4H3/b14-7+. The molecule has 0 aliphatic carbocycles. The molecule has 0 aromatic heterocycles. The summed E-state index contributed by atoms with van der Waals surface area (Å²) in [4.78, 5) is 10.6.